The molecule has 4 aromatic carbocycles. The Balaban J connectivity index is 1.44. The Bertz CT molecular complexity index is 2000. The lowest BCUT2D eigenvalue weighted by Crippen LogP contribution is -2.24. The summed E-state index contributed by atoms with van der Waals surface area (Å²) < 4.78 is 90.5. The zero-order valence-corrected chi connectivity index (χ0v) is 27.3. The van der Waals surface area contributed by atoms with Crippen LogP contribution in [0, 0.1) is 0 Å². The number of hydrogen-bond donors (Lipinski definition) is 0. The number of ether oxygens (including phenoxy) is 1. The van der Waals surface area contributed by atoms with Gasteiger partial charge in [0.1, 0.15) is 5.75 Å². The Morgan fingerprint density at radius 1 is 0.545 bits per heavy atom. The first kappa shape index (κ1) is 31.1. The van der Waals surface area contributed by atoms with E-state index in [-0.39, 0.29) is 9.79 Å². The zero-order chi connectivity index (χ0) is 31.4. The summed E-state index contributed by atoms with van der Waals surface area (Å²) in [4.78, 5) is -0.101. The normalized spacial score (nSPS) is 24.9. The summed E-state index contributed by atoms with van der Waals surface area (Å²) in [5.41, 5.74) is 1.07. The maximum Gasteiger partial charge on any atom is 0.183 e. The van der Waals surface area contributed by atoms with Gasteiger partial charge in [0.25, 0.3) is 0 Å². The van der Waals surface area contributed by atoms with Crippen molar-refractivity contribution >= 4 is 52.7 Å². The maximum atomic E-state index is 14.6. The molecule has 2 aliphatic carbocycles. The molecular weight excluding hydrogens is 663 g/mol. The molecule has 0 aliphatic heterocycles. The van der Waals surface area contributed by atoms with Crippen molar-refractivity contribution in [1.29, 1.82) is 0 Å². The van der Waals surface area contributed by atoms with Crippen LogP contribution < -0.4 is 4.74 Å². The lowest BCUT2D eigenvalue weighted by molar-refractivity contribution is 0.340. The quantitative estimate of drug-likeness (QED) is 0.197. The first-order valence-electron chi connectivity index (χ1n) is 13.9. The van der Waals surface area contributed by atoms with Crippen LogP contribution in [0.25, 0.3) is 0 Å². The van der Waals surface area contributed by atoms with Crippen LogP contribution in [0.5, 0.6) is 5.75 Å². The first-order valence-corrected chi connectivity index (χ1v) is 19.3. The van der Waals surface area contributed by atoms with Crippen LogP contribution in [-0.4, -0.2) is 52.9 Å². The average molecular weight is 692 g/mol. The van der Waals surface area contributed by atoms with Gasteiger partial charge >= 0.3 is 0 Å². The second kappa shape index (κ2) is 11.5. The Kier molecular flexibility index (Phi) is 8.11. The predicted molar refractivity (Wildman–Crippen MR) is 171 cm³/mol. The standard InChI is InChI=1S/C32H28Cl2O7S3/c1-2-41-24-14-8-21(9-15-24)28-30(43(37,38)26-18-12-23(34)13-19-26)32(28)44(39,40)31-27(20-6-4-3-5-7-20)29(31)42(35,36)25-16-10-22(33)11-17-25/h3-19,27-32H,2H2,1H3/t27-,28-,29?,30?,31-,32+/m1/s1. The summed E-state index contributed by atoms with van der Waals surface area (Å²) >= 11 is 12.0. The summed E-state index contributed by atoms with van der Waals surface area (Å²) in [6, 6.07) is 26.4. The molecule has 7 nitrogen and oxygen atoms in total. The van der Waals surface area contributed by atoms with Gasteiger partial charge in [-0.1, -0.05) is 65.7 Å². The predicted octanol–water partition coefficient (Wildman–Crippen LogP) is 6.12. The van der Waals surface area contributed by atoms with Crippen molar-refractivity contribution in [2.24, 2.45) is 0 Å². The Morgan fingerprint density at radius 2 is 0.955 bits per heavy atom. The molecule has 12 heteroatoms. The topological polar surface area (TPSA) is 112 Å². The average Bonchev–Trinajstić information content (AvgIpc) is 3.92. The van der Waals surface area contributed by atoms with E-state index >= 15 is 0 Å². The van der Waals surface area contributed by atoms with Crippen molar-refractivity contribution < 1.29 is 30.0 Å². The fourth-order valence-corrected chi connectivity index (χ4v) is 15.1. The van der Waals surface area contributed by atoms with Crippen LogP contribution in [0.4, 0.5) is 0 Å². The third kappa shape index (κ3) is 5.45. The lowest BCUT2D eigenvalue weighted by Gasteiger charge is -2.07. The van der Waals surface area contributed by atoms with Gasteiger partial charge in [-0.2, -0.15) is 0 Å². The Labute approximate surface area is 267 Å². The molecule has 2 unspecified atom stereocenters. The van der Waals surface area contributed by atoms with Crippen LogP contribution in [0.1, 0.15) is 29.9 Å². The van der Waals surface area contributed by atoms with Crippen LogP contribution in [0.2, 0.25) is 10.0 Å². The molecule has 0 amide bonds. The number of benzene rings is 4. The monoisotopic (exact) mass is 690 g/mol. The van der Waals surface area contributed by atoms with Crippen LogP contribution in [0.3, 0.4) is 0 Å². The Hall–Kier alpha value is -2.89. The van der Waals surface area contributed by atoms with Gasteiger partial charge in [-0.3, -0.25) is 0 Å². The van der Waals surface area contributed by atoms with E-state index in [1.807, 2.05) is 6.92 Å². The molecule has 2 aliphatic rings. The third-order valence-electron chi connectivity index (χ3n) is 8.30. The van der Waals surface area contributed by atoms with E-state index in [1.165, 1.54) is 48.5 Å². The van der Waals surface area contributed by atoms with Gasteiger partial charge < -0.3 is 4.74 Å². The fourth-order valence-electron chi connectivity index (χ4n) is 6.17. The van der Waals surface area contributed by atoms with E-state index in [2.05, 4.69) is 0 Å². The van der Waals surface area contributed by atoms with Crippen molar-refractivity contribution in [2.75, 3.05) is 6.61 Å². The molecular formula is C32H28Cl2O7S3. The van der Waals surface area contributed by atoms with Crippen LogP contribution >= 0.6 is 23.2 Å². The fraction of sp³-hybridized carbons (Fsp3) is 0.250. The van der Waals surface area contributed by atoms with Gasteiger partial charge in [-0.15, -0.1) is 0 Å². The molecule has 0 N–H and O–H groups in total. The zero-order valence-electron chi connectivity index (χ0n) is 23.3. The highest BCUT2D eigenvalue weighted by molar-refractivity contribution is 7.99. The molecule has 0 heterocycles. The SMILES string of the molecule is CCOc1ccc([C@@H]2C(S(=O)(=O)c3ccc(Cl)cc3)[C@H]2S(=O)(=O)[C@H]2C(S(=O)(=O)c3ccc(Cl)cc3)[C@H]2c2ccccc2)cc1. The summed E-state index contributed by atoms with van der Waals surface area (Å²) in [5.74, 6) is -1.22. The minimum atomic E-state index is -4.35. The van der Waals surface area contributed by atoms with Crippen molar-refractivity contribution in [3.05, 3.63) is 124 Å². The maximum absolute atomic E-state index is 14.6. The minimum Gasteiger partial charge on any atom is -0.494 e. The highest BCUT2D eigenvalue weighted by Gasteiger charge is 2.74. The molecule has 0 bridgehead atoms. The number of halogens is 2. The first-order chi connectivity index (χ1) is 20.9. The van der Waals surface area contributed by atoms with Gasteiger partial charge in [0.05, 0.1) is 37.4 Å². The molecule has 4 aromatic rings. The van der Waals surface area contributed by atoms with Gasteiger partial charge in [0, 0.05) is 21.9 Å². The molecule has 230 valence electrons. The molecule has 0 saturated heterocycles. The van der Waals surface area contributed by atoms with E-state index in [0.29, 0.717) is 33.5 Å². The van der Waals surface area contributed by atoms with Crippen LogP contribution in [-0.2, 0) is 29.5 Å². The number of sulfone groups is 3. The smallest absolute Gasteiger partial charge is 0.183 e. The summed E-state index contributed by atoms with van der Waals surface area (Å²) in [7, 11) is -12.6. The Morgan fingerprint density at radius 3 is 1.36 bits per heavy atom. The summed E-state index contributed by atoms with van der Waals surface area (Å²) in [6.07, 6.45) is 0. The largest absolute Gasteiger partial charge is 0.494 e. The number of rotatable bonds is 10. The summed E-state index contributed by atoms with van der Waals surface area (Å²) in [5, 5.41) is -4.63. The van der Waals surface area contributed by atoms with Crippen molar-refractivity contribution in [1.82, 2.24) is 0 Å². The lowest BCUT2D eigenvalue weighted by atomic mass is 10.1. The second-order valence-electron chi connectivity index (χ2n) is 10.9. The van der Waals surface area contributed by atoms with Crippen LogP contribution in [0.15, 0.2) is 113 Å². The third-order valence-corrected chi connectivity index (χ3v) is 16.3. The van der Waals surface area contributed by atoms with E-state index in [9.17, 15) is 25.3 Å². The number of hydrogen-bond acceptors (Lipinski definition) is 7. The molecule has 0 aromatic heterocycles. The molecule has 0 spiro atoms. The molecule has 6 atom stereocenters. The summed E-state index contributed by atoms with van der Waals surface area (Å²) in [6.45, 7) is 2.26. The van der Waals surface area contributed by atoms with Gasteiger partial charge in [-0.05, 0) is 78.7 Å². The molecule has 2 saturated carbocycles. The van der Waals surface area contributed by atoms with Crippen molar-refractivity contribution in [3.8, 4) is 5.75 Å². The molecule has 0 radical (unpaired) electrons. The van der Waals surface area contributed by atoms with Crippen molar-refractivity contribution in [2.45, 2.75) is 49.6 Å². The molecule has 6 rings (SSSR count). The van der Waals surface area contributed by atoms with Gasteiger partial charge in [0.2, 0.25) is 0 Å². The molecule has 44 heavy (non-hydrogen) atoms. The van der Waals surface area contributed by atoms with E-state index in [4.69, 9.17) is 27.9 Å². The highest BCUT2D eigenvalue weighted by atomic mass is 35.5. The van der Waals surface area contributed by atoms with E-state index < -0.39 is 62.3 Å². The molecule has 2 fully saturated rings. The highest BCUT2D eigenvalue weighted by Crippen LogP contribution is 2.61. The van der Waals surface area contributed by atoms with E-state index in [1.54, 1.807) is 54.6 Å². The van der Waals surface area contributed by atoms with Gasteiger partial charge in [-0.25, -0.2) is 25.3 Å². The van der Waals surface area contributed by atoms with E-state index in [0.717, 1.165) is 0 Å². The second-order valence-corrected chi connectivity index (χ2v) is 18.3. The minimum absolute atomic E-state index is 0.0465. The van der Waals surface area contributed by atoms with Gasteiger partial charge in [0.15, 0.2) is 29.5 Å². The van der Waals surface area contributed by atoms with Crippen molar-refractivity contribution in [3.63, 3.8) is 0 Å².